The third-order valence-corrected chi connectivity index (χ3v) is 2.81. The molecule has 2 N–H and O–H groups in total. The fourth-order valence-electron chi connectivity index (χ4n) is 1.95. The van der Waals surface area contributed by atoms with Gasteiger partial charge in [0.2, 0.25) is 0 Å². The second-order valence-corrected chi connectivity index (χ2v) is 3.99. The average molecular weight is 241 g/mol. The number of halogens is 3. The molecule has 2 atom stereocenters. The lowest BCUT2D eigenvalue weighted by molar-refractivity contribution is -0.183. The van der Waals surface area contributed by atoms with Crippen molar-refractivity contribution in [1.82, 2.24) is 4.90 Å². The molecule has 0 aromatic rings. The lowest BCUT2D eigenvalue weighted by Gasteiger charge is -2.19. The number of rotatable bonds is 4. The number of aliphatic hydroxyl groups excluding tert-OH is 1. The van der Waals surface area contributed by atoms with E-state index in [0.717, 1.165) is 0 Å². The molecule has 1 heterocycles. The van der Waals surface area contributed by atoms with E-state index in [1.165, 1.54) is 4.90 Å². The van der Waals surface area contributed by atoms with Crippen molar-refractivity contribution in [3.05, 3.63) is 0 Å². The van der Waals surface area contributed by atoms with Gasteiger partial charge in [0, 0.05) is 32.2 Å². The van der Waals surface area contributed by atoms with Gasteiger partial charge in [0.05, 0.1) is 12.3 Å². The first-order valence-electron chi connectivity index (χ1n) is 4.96. The molecule has 4 nitrogen and oxygen atoms in total. The zero-order valence-corrected chi connectivity index (χ0v) is 8.57. The summed E-state index contributed by atoms with van der Waals surface area (Å²) in [6, 6.07) is 0. The quantitative estimate of drug-likeness (QED) is 0.755. The lowest BCUT2D eigenvalue weighted by atomic mass is 9.97. The molecule has 0 spiro atoms. The van der Waals surface area contributed by atoms with E-state index >= 15 is 0 Å². The van der Waals surface area contributed by atoms with E-state index in [-0.39, 0.29) is 26.1 Å². The third-order valence-electron chi connectivity index (χ3n) is 2.81. The van der Waals surface area contributed by atoms with Crippen LogP contribution in [-0.4, -0.2) is 53.5 Å². The topological polar surface area (TPSA) is 60.8 Å². The predicted octanol–water partition coefficient (Wildman–Crippen LogP) is 0.564. The number of carboxylic acid groups (broad SMARTS) is 1. The van der Waals surface area contributed by atoms with E-state index in [1.807, 2.05) is 0 Å². The van der Waals surface area contributed by atoms with Gasteiger partial charge < -0.3 is 15.1 Å². The number of aliphatic carboxylic acids is 1. The molecule has 0 aliphatic carbocycles. The van der Waals surface area contributed by atoms with Crippen LogP contribution in [0, 0.1) is 11.8 Å². The fourth-order valence-corrected chi connectivity index (χ4v) is 1.95. The highest BCUT2D eigenvalue weighted by Crippen LogP contribution is 2.37. The number of hydrogen-bond acceptors (Lipinski definition) is 3. The molecule has 94 valence electrons. The second kappa shape index (κ2) is 5.01. The maximum absolute atomic E-state index is 12.5. The van der Waals surface area contributed by atoms with E-state index in [2.05, 4.69) is 0 Å². The van der Waals surface area contributed by atoms with Crippen LogP contribution in [0.2, 0.25) is 0 Å². The molecule has 1 rings (SSSR count). The van der Waals surface area contributed by atoms with Crippen LogP contribution < -0.4 is 0 Å². The molecule has 1 saturated heterocycles. The molecule has 0 bridgehead atoms. The number of nitrogens with zero attached hydrogens (tertiary/aromatic N) is 1. The molecule has 0 amide bonds. The molecule has 1 aliphatic heterocycles. The first-order valence-corrected chi connectivity index (χ1v) is 4.96. The van der Waals surface area contributed by atoms with Crippen LogP contribution in [-0.2, 0) is 4.79 Å². The first kappa shape index (κ1) is 13.2. The molecule has 7 heteroatoms. The molecule has 0 radical (unpaired) electrons. The highest BCUT2D eigenvalue weighted by atomic mass is 19.4. The predicted molar refractivity (Wildman–Crippen MR) is 48.8 cm³/mol. The number of carboxylic acids is 1. The monoisotopic (exact) mass is 241 g/mol. The number of alkyl halides is 3. The zero-order valence-electron chi connectivity index (χ0n) is 8.57. The molecular formula is C9H14F3NO3. The van der Waals surface area contributed by atoms with E-state index in [4.69, 9.17) is 10.2 Å². The average Bonchev–Trinajstić information content (AvgIpc) is 2.57. The van der Waals surface area contributed by atoms with Crippen LogP contribution in [0.4, 0.5) is 13.2 Å². The van der Waals surface area contributed by atoms with Crippen molar-refractivity contribution in [1.29, 1.82) is 0 Å². The zero-order chi connectivity index (χ0) is 12.3. The van der Waals surface area contributed by atoms with Gasteiger partial charge in [-0.2, -0.15) is 13.2 Å². The molecule has 0 saturated carbocycles. The minimum atomic E-state index is -4.33. The first-order chi connectivity index (χ1) is 7.34. The SMILES string of the molecule is O=C(O)CCN1C[C@@H](CO)[C@@H](C(F)(F)F)C1. The van der Waals surface area contributed by atoms with Gasteiger partial charge in [0.25, 0.3) is 0 Å². The maximum atomic E-state index is 12.5. The Morgan fingerprint density at radius 1 is 1.38 bits per heavy atom. The van der Waals surface area contributed by atoms with Gasteiger partial charge in [-0.15, -0.1) is 0 Å². The number of aliphatic hydroxyl groups is 1. The van der Waals surface area contributed by atoms with Gasteiger partial charge in [-0.3, -0.25) is 4.79 Å². The van der Waals surface area contributed by atoms with E-state index < -0.39 is 30.6 Å². The smallest absolute Gasteiger partial charge is 0.393 e. The Bertz CT molecular complexity index is 257. The summed E-state index contributed by atoms with van der Waals surface area (Å²) in [7, 11) is 0. The van der Waals surface area contributed by atoms with Crippen molar-refractivity contribution in [2.45, 2.75) is 12.6 Å². The van der Waals surface area contributed by atoms with Crippen molar-refractivity contribution in [2.24, 2.45) is 11.8 Å². The van der Waals surface area contributed by atoms with E-state index in [9.17, 15) is 18.0 Å². The Hall–Kier alpha value is -0.820. The van der Waals surface area contributed by atoms with E-state index in [1.54, 1.807) is 0 Å². The normalized spacial score (nSPS) is 27.2. The van der Waals surface area contributed by atoms with Crippen LogP contribution in [0.15, 0.2) is 0 Å². The van der Waals surface area contributed by atoms with Crippen molar-refractivity contribution >= 4 is 5.97 Å². The summed E-state index contributed by atoms with van der Waals surface area (Å²) in [5.74, 6) is -3.42. The number of likely N-dealkylation sites (tertiary alicyclic amines) is 1. The van der Waals surface area contributed by atoms with Crippen LogP contribution in [0.3, 0.4) is 0 Å². The van der Waals surface area contributed by atoms with Gasteiger partial charge in [-0.05, 0) is 0 Å². The van der Waals surface area contributed by atoms with E-state index in [0.29, 0.717) is 0 Å². The summed E-state index contributed by atoms with van der Waals surface area (Å²) in [5.41, 5.74) is 0. The molecule has 16 heavy (non-hydrogen) atoms. The summed E-state index contributed by atoms with van der Waals surface area (Å²) >= 11 is 0. The van der Waals surface area contributed by atoms with Crippen LogP contribution in [0.1, 0.15) is 6.42 Å². The lowest BCUT2D eigenvalue weighted by Crippen LogP contribution is -2.31. The molecule has 0 aromatic carbocycles. The molecule has 0 aromatic heterocycles. The summed E-state index contributed by atoms with van der Waals surface area (Å²) in [6.07, 6.45) is -4.51. The Morgan fingerprint density at radius 3 is 2.38 bits per heavy atom. The molecular weight excluding hydrogens is 227 g/mol. The van der Waals surface area contributed by atoms with Crippen molar-refractivity contribution < 1.29 is 28.2 Å². The Balaban J connectivity index is 2.53. The summed E-state index contributed by atoms with van der Waals surface area (Å²) in [4.78, 5) is 11.7. The Morgan fingerprint density at radius 2 is 2.00 bits per heavy atom. The number of carbonyl (C=O) groups is 1. The van der Waals surface area contributed by atoms with Crippen LogP contribution in [0.25, 0.3) is 0 Å². The highest BCUT2D eigenvalue weighted by molar-refractivity contribution is 5.66. The Kier molecular flexibility index (Phi) is 4.15. The Labute approximate surface area is 90.7 Å². The van der Waals surface area contributed by atoms with Crippen molar-refractivity contribution in [2.75, 3.05) is 26.2 Å². The maximum Gasteiger partial charge on any atom is 0.393 e. The van der Waals surface area contributed by atoms with Crippen molar-refractivity contribution in [3.63, 3.8) is 0 Å². The third kappa shape index (κ3) is 3.34. The fraction of sp³-hybridized carbons (Fsp3) is 0.889. The summed E-state index contributed by atoms with van der Waals surface area (Å²) in [5, 5.41) is 17.3. The summed E-state index contributed by atoms with van der Waals surface area (Å²) in [6.45, 7) is -0.540. The van der Waals surface area contributed by atoms with Gasteiger partial charge in [0.15, 0.2) is 0 Å². The van der Waals surface area contributed by atoms with Gasteiger partial charge in [-0.25, -0.2) is 0 Å². The van der Waals surface area contributed by atoms with Gasteiger partial charge in [0.1, 0.15) is 0 Å². The minimum absolute atomic E-state index is 0.0956. The van der Waals surface area contributed by atoms with Gasteiger partial charge in [-0.1, -0.05) is 0 Å². The van der Waals surface area contributed by atoms with Crippen molar-refractivity contribution in [3.8, 4) is 0 Å². The molecule has 0 unspecified atom stereocenters. The largest absolute Gasteiger partial charge is 0.481 e. The summed E-state index contributed by atoms with van der Waals surface area (Å²) < 4.78 is 37.5. The second-order valence-electron chi connectivity index (χ2n) is 3.99. The van der Waals surface area contributed by atoms with Crippen LogP contribution >= 0.6 is 0 Å². The van der Waals surface area contributed by atoms with Gasteiger partial charge >= 0.3 is 12.1 Å². The molecule has 1 fully saturated rings. The highest BCUT2D eigenvalue weighted by Gasteiger charge is 2.49. The minimum Gasteiger partial charge on any atom is -0.481 e. The molecule has 1 aliphatic rings. The standard InChI is InChI=1S/C9H14F3NO3/c10-9(11,12)7-4-13(2-1-8(15)16)3-6(7)5-14/h6-7,14H,1-5H2,(H,15,16)/t6-,7-/m0/s1. The van der Waals surface area contributed by atoms with Crippen LogP contribution in [0.5, 0.6) is 0 Å². The number of hydrogen-bond donors (Lipinski definition) is 2.